The summed E-state index contributed by atoms with van der Waals surface area (Å²) in [5, 5.41) is 33.2. The van der Waals surface area contributed by atoms with Gasteiger partial charge in [-0.1, -0.05) is 30.3 Å². The van der Waals surface area contributed by atoms with Gasteiger partial charge in [-0.15, -0.1) is 0 Å². The smallest absolute Gasteiger partial charge is 0.507 e. The zero-order valence-electron chi connectivity index (χ0n) is 17.2. The first-order valence-electron chi connectivity index (χ1n) is 9.53. The summed E-state index contributed by atoms with van der Waals surface area (Å²) in [5.74, 6) is -1.14. The van der Waals surface area contributed by atoms with Crippen LogP contribution >= 0.6 is 7.82 Å². The van der Waals surface area contributed by atoms with E-state index in [4.69, 9.17) is 13.6 Å². The van der Waals surface area contributed by atoms with Gasteiger partial charge in [-0.3, -0.25) is 9.05 Å². The molecule has 0 aliphatic carbocycles. The van der Waals surface area contributed by atoms with E-state index in [1.165, 1.54) is 18.2 Å². The highest BCUT2D eigenvalue weighted by Gasteiger charge is 2.35. The second-order valence-electron chi connectivity index (χ2n) is 7.34. The minimum Gasteiger partial charge on any atom is -0.507 e. The minimum atomic E-state index is -4.18. The van der Waals surface area contributed by atoms with Crippen molar-refractivity contribution in [2.45, 2.75) is 39.9 Å². The monoisotopic (exact) mass is 432 g/mol. The van der Waals surface area contributed by atoms with Crippen LogP contribution in [-0.4, -0.2) is 27.5 Å². The average molecular weight is 432 g/mol. The predicted molar refractivity (Wildman–Crippen MR) is 115 cm³/mol. The number of phosphoric acid groups is 1. The van der Waals surface area contributed by atoms with Crippen molar-refractivity contribution < 1.29 is 33.5 Å². The molecular formula is C22H25O7P. The zero-order chi connectivity index (χ0) is 22.1. The minimum absolute atomic E-state index is 0.0239. The van der Waals surface area contributed by atoms with Crippen LogP contribution in [0.3, 0.4) is 0 Å². The third-order valence-corrected chi connectivity index (χ3v) is 5.92. The van der Waals surface area contributed by atoms with E-state index in [9.17, 15) is 19.9 Å². The SMILES string of the molecule is CC(C)OP(=O)(Oc1c(O)ccc(O)c1-c1c(O)ccc2ccccc12)OC(C)C. The first kappa shape index (κ1) is 22.0. The Labute approximate surface area is 175 Å². The molecule has 3 rings (SSSR count). The summed E-state index contributed by atoms with van der Waals surface area (Å²) >= 11 is 0. The Bertz CT molecular complexity index is 1090. The Kier molecular flexibility index (Phi) is 6.27. The Balaban J connectivity index is 2.26. The van der Waals surface area contributed by atoms with Crippen LogP contribution in [0.4, 0.5) is 0 Å². The van der Waals surface area contributed by atoms with Crippen LogP contribution < -0.4 is 4.52 Å². The number of hydrogen-bond acceptors (Lipinski definition) is 7. The highest BCUT2D eigenvalue weighted by Crippen LogP contribution is 2.58. The van der Waals surface area contributed by atoms with Gasteiger partial charge in [-0.05, 0) is 56.7 Å². The molecule has 3 aromatic carbocycles. The maximum Gasteiger partial charge on any atom is 0.530 e. The van der Waals surface area contributed by atoms with Gasteiger partial charge in [-0.25, -0.2) is 4.57 Å². The molecule has 160 valence electrons. The summed E-state index contributed by atoms with van der Waals surface area (Å²) in [7, 11) is -4.18. The van der Waals surface area contributed by atoms with E-state index in [2.05, 4.69) is 0 Å². The van der Waals surface area contributed by atoms with E-state index in [0.717, 1.165) is 5.39 Å². The van der Waals surface area contributed by atoms with Crippen molar-refractivity contribution in [3.05, 3.63) is 48.5 Å². The van der Waals surface area contributed by atoms with E-state index in [0.29, 0.717) is 5.39 Å². The number of fused-ring (bicyclic) bond motifs is 1. The Morgan fingerprint density at radius 3 is 1.90 bits per heavy atom. The molecule has 0 aliphatic heterocycles. The van der Waals surface area contributed by atoms with E-state index < -0.39 is 25.8 Å². The molecule has 0 aromatic heterocycles. The third-order valence-electron chi connectivity index (χ3n) is 4.15. The van der Waals surface area contributed by atoms with Gasteiger partial charge in [0.15, 0.2) is 11.5 Å². The normalized spacial score (nSPS) is 12.1. The molecular weight excluding hydrogens is 407 g/mol. The summed E-state index contributed by atoms with van der Waals surface area (Å²) in [6.45, 7) is 6.66. The molecule has 7 nitrogen and oxygen atoms in total. The molecule has 0 heterocycles. The highest BCUT2D eigenvalue weighted by molar-refractivity contribution is 7.49. The molecule has 0 bridgehead atoms. The van der Waals surface area contributed by atoms with Gasteiger partial charge in [0.1, 0.15) is 11.5 Å². The topological polar surface area (TPSA) is 105 Å². The summed E-state index contributed by atoms with van der Waals surface area (Å²) in [6.07, 6.45) is -0.994. The van der Waals surface area contributed by atoms with Crippen molar-refractivity contribution in [1.82, 2.24) is 0 Å². The van der Waals surface area contributed by atoms with E-state index in [-0.39, 0.29) is 28.4 Å². The lowest BCUT2D eigenvalue weighted by molar-refractivity contribution is 0.103. The summed E-state index contributed by atoms with van der Waals surface area (Å²) in [6, 6.07) is 12.9. The van der Waals surface area contributed by atoms with Gasteiger partial charge >= 0.3 is 7.82 Å². The maximum absolute atomic E-state index is 13.3. The maximum atomic E-state index is 13.3. The molecule has 0 spiro atoms. The Morgan fingerprint density at radius 2 is 1.27 bits per heavy atom. The van der Waals surface area contributed by atoms with E-state index in [1.807, 2.05) is 12.1 Å². The lowest BCUT2D eigenvalue weighted by atomic mass is 9.95. The first-order chi connectivity index (χ1) is 14.1. The van der Waals surface area contributed by atoms with Gasteiger partial charge < -0.3 is 19.8 Å². The van der Waals surface area contributed by atoms with Crippen molar-refractivity contribution >= 4 is 18.6 Å². The quantitative estimate of drug-likeness (QED) is 0.312. The molecule has 0 unspecified atom stereocenters. The molecule has 0 saturated carbocycles. The van der Waals surface area contributed by atoms with Crippen LogP contribution in [0.25, 0.3) is 21.9 Å². The van der Waals surface area contributed by atoms with Crippen molar-refractivity contribution in [1.29, 1.82) is 0 Å². The van der Waals surface area contributed by atoms with Crippen LogP contribution in [0.1, 0.15) is 27.7 Å². The zero-order valence-corrected chi connectivity index (χ0v) is 18.1. The third kappa shape index (κ3) is 4.54. The van der Waals surface area contributed by atoms with Gasteiger partial charge in [0.2, 0.25) is 0 Å². The van der Waals surface area contributed by atoms with E-state index in [1.54, 1.807) is 45.9 Å². The highest BCUT2D eigenvalue weighted by atomic mass is 31.2. The number of phenolic OH excluding ortho intramolecular Hbond substituents is 3. The van der Waals surface area contributed by atoms with Gasteiger partial charge in [0.25, 0.3) is 0 Å². The molecule has 0 fully saturated rings. The van der Waals surface area contributed by atoms with Crippen molar-refractivity contribution in [2.75, 3.05) is 0 Å². The molecule has 3 aromatic rings. The van der Waals surface area contributed by atoms with Gasteiger partial charge in [0, 0.05) is 5.56 Å². The molecule has 0 aliphatic rings. The van der Waals surface area contributed by atoms with Gasteiger partial charge in [0.05, 0.1) is 17.8 Å². The largest absolute Gasteiger partial charge is 0.530 e. The lowest BCUT2D eigenvalue weighted by Crippen LogP contribution is -2.12. The Hall–Kier alpha value is -2.73. The number of rotatable bonds is 7. The van der Waals surface area contributed by atoms with Crippen LogP contribution in [0.2, 0.25) is 0 Å². The van der Waals surface area contributed by atoms with Crippen molar-refractivity contribution in [3.63, 3.8) is 0 Å². The average Bonchev–Trinajstić information content (AvgIpc) is 2.64. The molecule has 3 N–H and O–H groups in total. The number of phenols is 3. The fourth-order valence-corrected chi connectivity index (χ4v) is 4.69. The van der Waals surface area contributed by atoms with E-state index >= 15 is 0 Å². The Morgan fingerprint density at radius 1 is 0.733 bits per heavy atom. The molecule has 0 amide bonds. The van der Waals surface area contributed by atoms with Crippen LogP contribution in [0.5, 0.6) is 23.0 Å². The predicted octanol–water partition coefficient (Wildman–Crippen LogP) is 5.96. The molecule has 8 heteroatoms. The molecule has 0 atom stereocenters. The summed E-state index contributed by atoms with van der Waals surface area (Å²) in [5.41, 5.74) is 0.196. The number of aromatic hydroxyl groups is 3. The first-order valence-corrected chi connectivity index (χ1v) is 11.0. The van der Waals surface area contributed by atoms with Gasteiger partial charge in [-0.2, -0.15) is 0 Å². The number of hydrogen-bond donors (Lipinski definition) is 3. The fourth-order valence-electron chi connectivity index (χ4n) is 3.11. The fraction of sp³-hybridized carbons (Fsp3) is 0.273. The second kappa shape index (κ2) is 8.56. The summed E-state index contributed by atoms with van der Waals surface area (Å²) in [4.78, 5) is 0. The lowest BCUT2D eigenvalue weighted by Gasteiger charge is -2.24. The van der Waals surface area contributed by atoms with Crippen molar-refractivity contribution in [3.8, 4) is 34.1 Å². The van der Waals surface area contributed by atoms with Crippen LogP contribution in [-0.2, 0) is 13.6 Å². The number of phosphoric ester groups is 1. The summed E-state index contributed by atoms with van der Waals surface area (Å²) < 4.78 is 29.7. The van der Waals surface area contributed by atoms with Crippen LogP contribution in [0, 0.1) is 0 Å². The van der Waals surface area contributed by atoms with Crippen LogP contribution in [0.15, 0.2) is 48.5 Å². The van der Waals surface area contributed by atoms with Crippen molar-refractivity contribution in [2.24, 2.45) is 0 Å². The standard InChI is InChI=1S/C22H25O7P/c1-13(2)27-30(26,28-14(3)4)29-22-19(25)12-11-18(24)21(22)20-16-8-6-5-7-15(16)9-10-17(20)23/h5-14,23-25H,1-4H3. The molecule has 0 radical (unpaired) electrons. The molecule has 30 heavy (non-hydrogen) atoms. The number of benzene rings is 3. The second-order valence-corrected chi connectivity index (χ2v) is 8.83. The molecule has 0 saturated heterocycles.